The zero-order chi connectivity index (χ0) is 24.5. The Kier molecular flexibility index (Phi) is 8.44. The monoisotopic (exact) mass is 469 g/mol. The van der Waals surface area contributed by atoms with Crippen molar-refractivity contribution in [1.82, 2.24) is 10.2 Å². The SMILES string of the molecule is COC(=O)[C@H](CCC(=O)N1CCN(C(=O)O)Cc2ccccc21)NC(=O)OCc1ccccc1. The Balaban J connectivity index is 1.62. The van der Waals surface area contributed by atoms with Gasteiger partial charge in [-0.1, -0.05) is 48.5 Å². The molecule has 0 saturated heterocycles. The number of ether oxygens (including phenoxy) is 2. The lowest BCUT2D eigenvalue weighted by molar-refractivity contribution is -0.143. The van der Waals surface area contributed by atoms with Gasteiger partial charge in [-0.15, -0.1) is 0 Å². The lowest BCUT2D eigenvalue weighted by Crippen LogP contribution is -2.43. The van der Waals surface area contributed by atoms with E-state index in [1.165, 1.54) is 16.9 Å². The van der Waals surface area contributed by atoms with Gasteiger partial charge >= 0.3 is 18.2 Å². The van der Waals surface area contributed by atoms with Crippen LogP contribution < -0.4 is 10.2 Å². The number of amides is 3. The fourth-order valence-corrected chi connectivity index (χ4v) is 3.66. The van der Waals surface area contributed by atoms with E-state index in [0.717, 1.165) is 5.56 Å². The third-order valence-corrected chi connectivity index (χ3v) is 5.45. The summed E-state index contributed by atoms with van der Waals surface area (Å²) >= 11 is 0. The smallest absolute Gasteiger partial charge is 0.408 e. The second-order valence-electron chi connectivity index (χ2n) is 7.70. The Bertz CT molecular complexity index is 1030. The summed E-state index contributed by atoms with van der Waals surface area (Å²) < 4.78 is 9.92. The highest BCUT2D eigenvalue weighted by Gasteiger charge is 2.28. The van der Waals surface area contributed by atoms with Gasteiger partial charge in [0.15, 0.2) is 0 Å². The number of carbonyl (C=O) groups is 4. The van der Waals surface area contributed by atoms with Crippen molar-refractivity contribution < 1.29 is 33.8 Å². The maximum Gasteiger partial charge on any atom is 0.408 e. The van der Waals surface area contributed by atoms with E-state index in [4.69, 9.17) is 9.47 Å². The number of benzene rings is 2. The van der Waals surface area contributed by atoms with E-state index in [-0.39, 0.29) is 45.0 Å². The zero-order valence-corrected chi connectivity index (χ0v) is 18.8. The van der Waals surface area contributed by atoms with Crippen LogP contribution in [0.2, 0.25) is 0 Å². The van der Waals surface area contributed by atoms with E-state index in [2.05, 4.69) is 5.32 Å². The molecule has 10 nitrogen and oxygen atoms in total. The van der Waals surface area contributed by atoms with Crippen molar-refractivity contribution >= 4 is 29.8 Å². The molecule has 3 rings (SSSR count). The minimum Gasteiger partial charge on any atom is -0.467 e. The molecule has 1 aliphatic rings. The number of hydrogen-bond donors (Lipinski definition) is 2. The number of alkyl carbamates (subject to hydrolysis) is 1. The largest absolute Gasteiger partial charge is 0.467 e. The lowest BCUT2D eigenvalue weighted by atomic mass is 10.1. The molecular weight excluding hydrogens is 442 g/mol. The third-order valence-electron chi connectivity index (χ3n) is 5.45. The number of fused-ring (bicyclic) bond motifs is 1. The zero-order valence-electron chi connectivity index (χ0n) is 18.8. The molecule has 10 heteroatoms. The third kappa shape index (κ3) is 6.47. The first-order chi connectivity index (χ1) is 16.4. The minimum absolute atomic E-state index is 0.00669. The molecular formula is C24H27N3O7. The first-order valence-electron chi connectivity index (χ1n) is 10.8. The van der Waals surface area contributed by atoms with Crippen LogP contribution in [0.25, 0.3) is 0 Å². The maximum absolute atomic E-state index is 13.1. The molecule has 180 valence electrons. The van der Waals surface area contributed by atoms with Gasteiger partial charge in [-0.3, -0.25) is 4.79 Å². The summed E-state index contributed by atoms with van der Waals surface area (Å²) in [4.78, 5) is 51.7. The first kappa shape index (κ1) is 24.6. The molecule has 0 spiro atoms. The summed E-state index contributed by atoms with van der Waals surface area (Å²) in [5, 5.41) is 11.9. The molecule has 0 unspecified atom stereocenters. The van der Waals surface area contributed by atoms with Gasteiger partial charge < -0.3 is 29.7 Å². The fraction of sp³-hybridized carbons (Fsp3) is 0.333. The average molecular weight is 469 g/mol. The highest BCUT2D eigenvalue weighted by molar-refractivity contribution is 5.95. The number of methoxy groups -OCH3 is 1. The molecule has 0 fully saturated rings. The van der Waals surface area contributed by atoms with E-state index in [1.807, 2.05) is 18.2 Å². The number of esters is 1. The van der Waals surface area contributed by atoms with Crippen molar-refractivity contribution in [3.05, 3.63) is 65.7 Å². The molecule has 0 bridgehead atoms. The number of anilines is 1. The van der Waals surface area contributed by atoms with Crippen LogP contribution >= 0.6 is 0 Å². The molecule has 0 radical (unpaired) electrons. The summed E-state index contributed by atoms with van der Waals surface area (Å²) in [6.45, 7) is 0.539. The van der Waals surface area contributed by atoms with E-state index >= 15 is 0 Å². The Morgan fingerprint density at radius 2 is 1.74 bits per heavy atom. The molecule has 1 heterocycles. The van der Waals surface area contributed by atoms with Crippen molar-refractivity contribution in [1.29, 1.82) is 0 Å². The van der Waals surface area contributed by atoms with Crippen molar-refractivity contribution in [2.24, 2.45) is 0 Å². The van der Waals surface area contributed by atoms with Crippen LogP contribution in [0.3, 0.4) is 0 Å². The Labute approximate surface area is 197 Å². The lowest BCUT2D eigenvalue weighted by Gasteiger charge is -2.24. The van der Waals surface area contributed by atoms with Gasteiger partial charge in [0.2, 0.25) is 5.91 Å². The summed E-state index contributed by atoms with van der Waals surface area (Å²) in [6.07, 6.45) is -1.94. The van der Waals surface area contributed by atoms with E-state index < -0.39 is 24.2 Å². The van der Waals surface area contributed by atoms with Gasteiger partial charge in [0.1, 0.15) is 12.6 Å². The van der Waals surface area contributed by atoms with Crippen molar-refractivity contribution in [2.75, 3.05) is 25.1 Å². The van der Waals surface area contributed by atoms with Crippen molar-refractivity contribution in [2.45, 2.75) is 32.0 Å². The molecule has 0 saturated carbocycles. The van der Waals surface area contributed by atoms with E-state index in [1.54, 1.807) is 36.4 Å². The van der Waals surface area contributed by atoms with Crippen LogP contribution in [-0.4, -0.2) is 60.3 Å². The normalized spacial score (nSPS) is 13.8. The molecule has 34 heavy (non-hydrogen) atoms. The number of rotatable bonds is 7. The second kappa shape index (κ2) is 11.7. The van der Waals surface area contributed by atoms with E-state index in [9.17, 15) is 24.3 Å². The number of nitrogens with zero attached hydrogens (tertiary/aromatic N) is 2. The fourth-order valence-electron chi connectivity index (χ4n) is 3.66. The van der Waals surface area contributed by atoms with E-state index in [0.29, 0.717) is 11.3 Å². The molecule has 2 aromatic carbocycles. The predicted octanol–water partition coefficient (Wildman–Crippen LogP) is 2.76. The molecule has 2 aromatic rings. The Morgan fingerprint density at radius 3 is 2.44 bits per heavy atom. The predicted molar refractivity (Wildman–Crippen MR) is 122 cm³/mol. The second-order valence-corrected chi connectivity index (χ2v) is 7.70. The van der Waals surface area contributed by atoms with Crippen LogP contribution in [0.5, 0.6) is 0 Å². The van der Waals surface area contributed by atoms with Gasteiger partial charge in [0, 0.05) is 25.2 Å². The van der Waals surface area contributed by atoms with Crippen molar-refractivity contribution in [3.8, 4) is 0 Å². The van der Waals surface area contributed by atoms with Crippen LogP contribution in [0.1, 0.15) is 24.0 Å². The molecule has 3 amide bonds. The minimum atomic E-state index is -1.07. The number of carbonyl (C=O) groups excluding carboxylic acids is 3. The number of hydrogen-bond acceptors (Lipinski definition) is 6. The Morgan fingerprint density at radius 1 is 1.03 bits per heavy atom. The summed E-state index contributed by atoms with van der Waals surface area (Å²) in [5.74, 6) is -0.995. The van der Waals surface area contributed by atoms with Crippen LogP contribution in [-0.2, 0) is 32.2 Å². The maximum atomic E-state index is 13.1. The quantitative estimate of drug-likeness (QED) is 0.597. The standard InChI is InChI=1S/C24H27N3O7/c1-33-22(29)19(25-23(30)34-16-17-7-3-2-4-8-17)11-12-21(28)27-14-13-26(24(31)32)15-18-9-5-6-10-20(18)27/h2-10,19H,11-16H2,1H3,(H,25,30)(H,31,32)/t19-/m0/s1. The molecule has 2 N–H and O–H groups in total. The van der Waals surface area contributed by atoms with Crippen molar-refractivity contribution in [3.63, 3.8) is 0 Å². The summed E-state index contributed by atoms with van der Waals surface area (Å²) in [7, 11) is 1.19. The highest BCUT2D eigenvalue weighted by atomic mass is 16.6. The Hall–Kier alpha value is -4.08. The van der Waals surface area contributed by atoms with Crippen LogP contribution in [0, 0.1) is 0 Å². The topological polar surface area (TPSA) is 125 Å². The van der Waals surface area contributed by atoms with Crippen LogP contribution in [0.4, 0.5) is 15.3 Å². The van der Waals surface area contributed by atoms with Gasteiger partial charge in [0.25, 0.3) is 0 Å². The first-order valence-corrected chi connectivity index (χ1v) is 10.8. The number of carboxylic acid groups (broad SMARTS) is 1. The summed E-state index contributed by atoms with van der Waals surface area (Å²) in [6, 6.07) is 15.1. The van der Waals surface area contributed by atoms with Gasteiger partial charge in [0.05, 0.1) is 13.7 Å². The number of para-hydroxylation sites is 1. The highest BCUT2D eigenvalue weighted by Crippen LogP contribution is 2.26. The number of nitrogens with one attached hydrogen (secondary N) is 1. The molecule has 0 aliphatic carbocycles. The van der Waals surface area contributed by atoms with Crippen LogP contribution in [0.15, 0.2) is 54.6 Å². The van der Waals surface area contributed by atoms with Gasteiger partial charge in [-0.2, -0.15) is 0 Å². The summed E-state index contributed by atoms with van der Waals surface area (Å²) in [5.41, 5.74) is 2.13. The molecule has 1 aliphatic heterocycles. The van der Waals surface area contributed by atoms with Gasteiger partial charge in [-0.05, 0) is 23.6 Å². The van der Waals surface area contributed by atoms with Gasteiger partial charge in [-0.25, -0.2) is 14.4 Å². The molecule has 0 aromatic heterocycles. The molecule has 1 atom stereocenters. The average Bonchev–Trinajstić information content (AvgIpc) is 3.05.